The van der Waals surface area contributed by atoms with E-state index in [4.69, 9.17) is 5.26 Å². The van der Waals surface area contributed by atoms with Gasteiger partial charge in [-0.2, -0.15) is 5.26 Å². The van der Waals surface area contributed by atoms with Crippen LogP contribution in [-0.4, -0.2) is 6.54 Å². The van der Waals surface area contributed by atoms with E-state index < -0.39 is 5.82 Å². The van der Waals surface area contributed by atoms with Crippen LogP contribution in [0.1, 0.15) is 18.1 Å². The summed E-state index contributed by atoms with van der Waals surface area (Å²) in [7, 11) is 0. The molecule has 0 saturated carbocycles. The molecule has 0 saturated heterocycles. The number of halogens is 1. The first-order valence-corrected chi connectivity index (χ1v) is 6.23. The molecule has 2 aromatic carbocycles. The van der Waals surface area contributed by atoms with Crippen LogP contribution in [0.15, 0.2) is 48.5 Å². The summed E-state index contributed by atoms with van der Waals surface area (Å²) in [6.07, 6.45) is 0. The molecular weight excluding hydrogens is 239 g/mol. The van der Waals surface area contributed by atoms with Crippen molar-refractivity contribution in [2.24, 2.45) is 0 Å². The Morgan fingerprint density at radius 3 is 2.47 bits per heavy atom. The third-order valence-electron chi connectivity index (χ3n) is 3.04. The largest absolute Gasteiger partial charge is 0.366 e. The van der Waals surface area contributed by atoms with Crippen molar-refractivity contribution in [2.75, 3.05) is 11.4 Å². The molecule has 2 rings (SSSR count). The van der Waals surface area contributed by atoms with Crippen molar-refractivity contribution in [3.05, 3.63) is 65.5 Å². The number of nitrogens with zero attached hydrogens (tertiary/aromatic N) is 2. The number of anilines is 1. The molecule has 0 aromatic heterocycles. The molecule has 0 N–H and O–H groups in total. The quantitative estimate of drug-likeness (QED) is 0.831. The van der Waals surface area contributed by atoms with Gasteiger partial charge in [0.25, 0.3) is 0 Å². The van der Waals surface area contributed by atoms with Crippen LogP contribution < -0.4 is 4.90 Å². The van der Waals surface area contributed by atoms with Crippen LogP contribution in [0.2, 0.25) is 0 Å². The first kappa shape index (κ1) is 13.1. The van der Waals surface area contributed by atoms with Crippen molar-refractivity contribution in [1.82, 2.24) is 0 Å². The average Bonchev–Trinajstić information content (AvgIpc) is 2.45. The summed E-state index contributed by atoms with van der Waals surface area (Å²) in [5.74, 6) is -0.466. The number of hydrogen-bond donors (Lipinski definition) is 0. The molecule has 0 unspecified atom stereocenters. The molecule has 2 nitrogen and oxygen atoms in total. The molecule has 0 heterocycles. The SMILES string of the molecule is CCN(Cc1ccccc1)c1cccc(F)c1C#N. The smallest absolute Gasteiger partial charge is 0.143 e. The maximum atomic E-state index is 13.6. The zero-order valence-electron chi connectivity index (χ0n) is 10.8. The standard InChI is InChI=1S/C16H15FN2/c1-2-19(12-13-7-4-3-5-8-13)16-10-6-9-15(17)14(16)11-18/h3-10H,2,12H2,1H3. The summed E-state index contributed by atoms with van der Waals surface area (Å²) in [6, 6.07) is 16.6. The molecule has 0 aliphatic rings. The summed E-state index contributed by atoms with van der Waals surface area (Å²) < 4.78 is 13.6. The number of benzene rings is 2. The normalized spacial score (nSPS) is 9.95. The highest BCUT2D eigenvalue weighted by Crippen LogP contribution is 2.23. The van der Waals surface area contributed by atoms with Crippen molar-refractivity contribution < 1.29 is 4.39 Å². The van der Waals surface area contributed by atoms with Crippen molar-refractivity contribution in [3.63, 3.8) is 0 Å². The molecule has 0 amide bonds. The highest BCUT2D eigenvalue weighted by molar-refractivity contribution is 5.60. The number of nitriles is 1. The van der Waals surface area contributed by atoms with Gasteiger partial charge < -0.3 is 4.90 Å². The summed E-state index contributed by atoms with van der Waals surface area (Å²) in [5.41, 5.74) is 1.90. The Hall–Kier alpha value is -2.34. The van der Waals surface area contributed by atoms with Crippen LogP contribution in [0, 0.1) is 17.1 Å². The maximum absolute atomic E-state index is 13.6. The Labute approximate surface area is 112 Å². The van der Waals surface area contributed by atoms with Gasteiger partial charge in [-0.3, -0.25) is 0 Å². The monoisotopic (exact) mass is 254 g/mol. The Morgan fingerprint density at radius 2 is 1.84 bits per heavy atom. The lowest BCUT2D eigenvalue weighted by atomic mass is 10.1. The number of rotatable bonds is 4. The van der Waals surface area contributed by atoms with E-state index in [1.54, 1.807) is 12.1 Å². The fourth-order valence-electron chi connectivity index (χ4n) is 2.06. The van der Waals surface area contributed by atoms with Gasteiger partial charge in [-0.15, -0.1) is 0 Å². The number of hydrogen-bond acceptors (Lipinski definition) is 2. The minimum atomic E-state index is -0.466. The molecule has 0 atom stereocenters. The fraction of sp³-hybridized carbons (Fsp3) is 0.188. The van der Waals surface area contributed by atoms with E-state index in [-0.39, 0.29) is 5.56 Å². The summed E-state index contributed by atoms with van der Waals surface area (Å²) in [6.45, 7) is 3.37. The van der Waals surface area contributed by atoms with Crippen LogP contribution in [0.25, 0.3) is 0 Å². The van der Waals surface area contributed by atoms with Gasteiger partial charge in [-0.05, 0) is 24.6 Å². The first-order chi connectivity index (χ1) is 9.26. The van der Waals surface area contributed by atoms with E-state index in [0.29, 0.717) is 18.8 Å². The summed E-state index contributed by atoms with van der Waals surface area (Å²) >= 11 is 0. The predicted octanol–water partition coefficient (Wildman–Crippen LogP) is 3.72. The van der Waals surface area contributed by atoms with Gasteiger partial charge in [0.15, 0.2) is 0 Å². The maximum Gasteiger partial charge on any atom is 0.143 e. The Morgan fingerprint density at radius 1 is 1.11 bits per heavy atom. The molecule has 96 valence electrons. The second kappa shape index (κ2) is 6.01. The highest BCUT2D eigenvalue weighted by atomic mass is 19.1. The Bertz CT molecular complexity index is 587. The van der Waals surface area contributed by atoms with Gasteiger partial charge in [-0.1, -0.05) is 36.4 Å². The van der Waals surface area contributed by atoms with Crippen molar-refractivity contribution in [1.29, 1.82) is 5.26 Å². The Balaban J connectivity index is 2.33. The minimum Gasteiger partial charge on any atom is -0.366 e. The third-order valence-corrected chi connectivity index (χ3v) is 3.04. The van der Waals surface area contributed by atoms with E-state index in [2.05, 4.69) is 0 Å². The topological polar surface area (TPSA) is 27.0 Å². The van der Waals surface area contributed by atoms with Crippen molar-refractivity contribution in [3.8, 4) is 6.07 Å². The van der Waals surface area contributed by atoms with Crippen molar-refractivity contribution in [2.45, 2.75) is 13.5 Å². The molecule has 0 aliphatic heterocycles. The molecule has 0 radical (unpaired) electrons. The van der Waals surface area contributed by atoms with Gasteiger partial charge in [-0.25, -0.2) is 4.39 Å². The summed E-state index contributed by atoms with van der Waals surface area (Å²) in [5, 5.41) is 9.09. The van der Waals surface area contributed by atoms with E-state index in [1.165, 1.54) is 6.07 Å². The third kappa shape index (κ3) is 2.92. The highest BCUT2D eigenvalue weighted by Gasteiger charge is 2.13. The van der Waals surface area contributed by atoms with Crippen LogP contribution >= 0.6 is 0 Å². The lowest BCUT2D eigenvalue weighted by Crippen LogP contribution is -2.23. The molecule has 0 fully saturated rings. The van der Waals surface area contributed by atoms with E-state index in [9.17, 15) is 4.39 Å². The molecule has 3 heteroatoms. The van der Waals surface area contributed by atoms with Gasteiger partial charge in [0, 0.05) is 13.1 Å². The lowest BCUT2D eigenvalue weighted by molar-refractivity contribution is 0.622. The van der Waals surface area contributed by atoms with Gasteiger partial charge in [0.05, 0.1) is 5.69 Å². The molecular formula is C16H15FN2. The second-order valence-corrected chi connectivity index (χ2v) is 4.25. The predicted molar refractivity (Wildman–Crippen MR) is 74.3 cm³/mol. The van der Waals surface area contributed by atoms with E-state index >= 15 is 0 Å². The van der Waals surface area contributed by atoms with Crippen LogP contribution in [0.4, 0.5) is 10.1 Å². The minimum absolute atomic E-state index is 0.111. The zero-order valence-corrected chi connectivity index (χ0v) is 10.8. The van der Waals surface area contributed by atoms with E-state index in [1.807, 2.05) is 48.2 Å². The fourth-order valence-corrected chi connectivity index (χ4v) is 2.06. The van der Waals surface area contributed by atoms with E-state index in [0.717, 1.165) is 5.56 Å². The average molecular weight is 254 g/mol. The van der Waals surface area contributed by atoms with Crippen LogP contribution in [0.3, 0.4) is 0 Å². The van der Waals surface area contributed by atoms with Gasteiger partial charge >= 0.3 is 0 Å². The molecule has 0 aliphatic carbocycles. The van der Waals surface area contributed by atoms with Crippen LogP contribution in [-0.2, 0) is 6.54 Å². The molecule has 0 spiro atoms. The molecule has 2 aromatic rings. The van der Waals surface area contributed by atoms with Crippen molar-refractivity contribution >= 4 is 5.69 Å². The second-order valence-electron chi connectivity index (χ2n) is 4.25. The summed E-state index contributed by atoms with van der Waals surface area (Å²) in [4.78, 5) is 2.00. The zero-order chi connectivity index (χ0) is 13.7. The lowest BCUT2D eigenvalue weighted by Gasteiger charge is -2.24. The molecule has 19 heavy (non-hydrogen) atoms. The van der Waals surface area contributed by atoms with Gasteiger partial charge in [0.2, 0.25) is 0 Å². The Kier molecular flexibility index (Phi) is 4.15. The molecule has 0 bridgehead atoms. The first-order valence-electron chi connectivity index (χ1n) is 6.23. The van der Waals surface area contributed by atoms with Gasteiger partial charge in [0.1, 0.15) is 17.4 Å². The van der Waals surface area contributed by atoms with Crippen LogP contribution in [0.5, 0.6) is 0 Å².